The predicted molar refractivity (Wildman–Crippen MR) is 271 cm³/mol. The molecule has 410 valence electrons. The summed E-state index contributed by atoms with van der Waals surface area (Å²) in [6, 6.07) is -1.32. The zero-order valence-electron chi connectivity index (χ0n) is 44.4. The Morgan fingerprint density at radius 3 is 1.23 bits per heavy atom. The molecule has 3 amide bonds. The van der Waals surface area contributed by atoms with Crippen molar-refractivity contribution in [3.05, 3.63) is 0 Å². The third-order valence-electron chi connectivity index (χ3n) is 11.1. The topological polar surface area (TPSA) is 246 Å². The average Bonchev–Trinajstić information content (AvgIpc) is 3.28. The number of hydrogen-bond acceptors (Lipinski definition) is 13. The van der Waals surface area contributed by atoms with Crippen molar-refractivity contribution in [2.45, 2.75) is 200 Å². The van der Waals surface area contributed by atoms with E-state index in [0.29, 0.717) is 85.6 Å². The van der Waals surface area contributed by atoms with Gasteiger partial charge < -0.3 is 59.9 Å². The minimum Gasteiger partial charge on any atom is -0.481 e. The second kappa shape index (κ2) is 44.4. The lowest BCUT2D eigenvalue weighted by Gasteiger charge is -2.31. The molecular formula is C52H98N4O14. The Balaban J connectivity index is 3.60. The van der Waals surface area contributed by atoms with Crippen LogP contribution in [0.3, 0.4) is 0 Å². The molecule has 0 saturated carbocycles. The van der Waals surface area contributed by atoms with Crippen molar-refractivity contribution >= 4 is 35.4 Å². The van der Waals surface area contributed by atoms with E-state index >= 15 is 0 Å². The number of hydrogen-bond donors (Lipinski definition) is 6. The molecule has 0 heterocycles. The number of aliphatic carboxylic acids is 2. The van der Waals surface area contributed by atoms with Crippen LogP contribution in [0.5, 0.6) is 0 Å². The Bertz CT molecular complexity index is 1360. The Kier molecular flexibility index (Phi) is 42.4. The monoisotopic (exact) mass is 1000 g/mol. The number of ketones is 1. The molecule has 0 rings (SSSR count). The summed E-state index contributed by atoms with van der Waals surface area (Å²) in [4.78, 5) is 71.8. The van der Waals surface area contributed by atoms with Crippen LogP contribution in [0.2, 0.25) is 0 Å². The van der Waals surface area contributed by atoms with Crippen LogP contribution in [0.25, 0.3) is 0 Å². The first kappa shape index (κ1) is 66.7. The molecule has 1 unspecified atom stereocenters. The van der Waals surface area contributed by atoms with Gasteiger partial charge in [-0.15, -0.1) is 0 Å². The van der Waals surface area contributed by atoms with Gasteiger partial charge in [0.1, 0.15) is 6.04 Å². The largest absolute Gasteiger partial charge is 0.481 e. The fourth-order valence-electron chi connectivity index (χ4n) is 7.30. The van der Waals surface area contributed by atoms with Crippen LogP contribution < -0.4 is 21.3 Å². The number of ether oxygens (including phenoxy) is 6. The maximum atomic E-state index is 12.9. The number of carbonyl (C=O) groups excluding carboxylic acids is 4. The molecule has 6 N–H and O–H groups in total. The minimum atomic E-state index is -1.16. The summed E-state index contributed by atoms with van der Waals surface area (Å²) < 4.78 is 33.0. The maximum absolute atomic E-state index is 12.9. The Morgan fingerprint density at radius 2 is 0.800 bits per heavy atom. The number of amides is 3. The molecule has 0 fully saturated rings. The molecule has 0 aromatic rings. The highest BCUT2D eigenvalue weighted by Crippen LogP contribution is 2.21. The number of rotatable bonds is 50. The molecule has 0 aliphatic rings. The summed E-state index contributed by atoms with van der Waals surface area (Å²) >= 11 is 0. The molecule has 0 aromatic carbocycles. The van der Waals surface area contributed by atoms with Crippen molar-refractivity contribution in [3.8, 4) is 0 Å². The van der Waals surface area contributed by atoms with Crippen LogP contribution in [-0.4, -0.2) is 156 Å². The van der Waals surface area contributed by atoms with Gasteiger partial charge in [0.05, 0.1) is 85.3 Å². The summed E-state index contributed by atoms with van der Waals surface area (Å²) in [6.07, 6.45) is 18.3. The molecule has 0 aliphatic carbocycles. The van der Waals surface area contributed by atoms with Gasteiger partial charge in [0.25, 0.3) is 0 Å². The SMILES string of the molecule is CC(C)(C)NC(CCCCNC(=O)CCOCCOCCOCCOCCOCCOCCNC(=O)CC[C@H](NC(=O)CCCCCCCCCCCCCCCCC(=O)O)C(=O)O)C(=O)C(C)(C)C. The lowest BCUT2D eigenvalue weighted by molar-refractivity contribution is -0.142. The zero-order valence-corrected chi connectivity index (χ0v) is 44.4. The van der Waals surface area contributed by atoms with Gasteiger partial charge in [-0.1, -0.05) is 97.8 Å². The van der Waals surface area contributed by atoms with E-state index in [1.165, 1.54) is 44.9 Å². The van der Waals surface area contributed by atoms with Gasteiger partial charge in [-0.2, -0.15) is 0 Å². The van der Waals surface area contributed by atoms with Gasteiger partial charge in [0.2, 0.25) is 17.7 Å². The summed E-state index contributed by atoms with van der Waals surface area (Å²) in [5, 5.41) is 29.8. The van der Waals surface area contributed by atoms with Gasteiger partial charge in [-0.05, 0) is 59.3 Å². The van der Waals surface area contributed by atoms with Crippen LogP contribution in [-0.2, 0) is 57.2 Å². The molecule has 0 saturated heterocycles. The highest BCUT2D eigenvalue weighted by Gasteiger charge is 2.31. The van der Waals surface area contributed by atoms with E-state index in [1.54, 1.807) is 0 Å². The van der Waals surface area contributed by atoms with Crippen molar-refractivity contribution in [2.24, 2.45) is 5.41 Å². The Hall–Kier alpha value is -3.26. The van der Waals surface area contributed by atoms with E-state index in [0.717, 1.165) is 57.8 Å². The first-order valence-electron chi connectivity index (χ1n) is 26.5. The van der Waals surface area contributed by atoms with Crippen molar-refractivity contribution in [1.29, 1.82) is 0 Å². The third kappa shape index (κ3) is 45.9. The van der Waals surface area contributed by atoms with Gasteiger partial charge in [-0.25, -0.2) is 4.79 Å². The van der Waals surface area contributed by atoms with Gasteiger partial charge in [0.15, 0.2) is 5.78 Å². The smallest absolute Gasteiger partial charge is 0.326 e. The minimum absolute atomic E-state index is 0.00264. The lowest BCUT2D eigenvalue weighted by atomic mass is 9.84. The van der Waals surface area contributed by atoms with Gasteiger partial charge in [-0.3, -0.25) is 24.0 Å². The number of Topliss-reactive ketones (excluding diaryl/α,β-unsaturated/α-hetero) is 1. The second-order valence-corrected chi connectivity index (χ2v) is 20.0. The van der Waals surface area contributed by atoms with E-state index in [4.69, 9.17) is 33.5 Å². The highest BCUT2D eigenvalue weighted by molar-refractivity contribution is 5.88. The number of unbranched alkanes of at least 4 members (excludes halogenated alkanes) is 14. The number of nitrogens with one attached hydrogen (secondary N) is 4. The average molecular weight is 1000 g/mol. The number of carboxylic acid groups (broad SMARTS) is 2. The van der Waals surface area contributed by atoms with Crippen LogP contribution in [0.15, 0.2) is 0 Å². The molecule has 18 nitrogen and oxygen atoms in total. The number of carbonyl (C=O) groups is 6. The van der Waals surface area contributed by atoms with E-state index in [-0.39, 0.29) is 80.3 Å². The summed E-state index contributed by atoms with van der Waals surface area (Å²) in [6.45, 7) is 17.4. The molecule has 0 radical (unpaired) electrons. The molecule has 0 aromatic heterocycles. The fraction of sp³-hybridized carbons (Fsp3) is 0.885. The molecule has 2 atom stereocenters. The van der Waals surface area contributed by atoms with Gasteiger partial charge in [0, 0.05) is 49.7 Å². The highest BCUT2D eigenvalue weighted by atomic mass is 16.6. The predicted octanol–water partition coefficient (Wildman–Crippen LogP) is 6.93. The Morgan fingerprint density at radius 1 is 0.400 bits per heavy atom. The summed E-state index contributed by atoms with van der Waals surface area (Å²) in [7, 11) is 0. The van der Waals surface area contributed by atoms with Crippen molar-refractivity contribution in [2.75, 3.05) is 92.4 Å². The van der Waals surface area contributed by atoms with Crippen LogP contribution in [0, 0.1) is 5.41 Å². The molecule has 0 spiro atoms. The van der Waals surface area contributed by atoms with Crippen LogP contribution >= 0.6 is 0 Å². The molecule has 70 heavy (non-hydrogen) atoms. The van der Waals surface area contributed by atoms with E-state index in [1.807, 2.05) is 20.8 Å². The second-order valence-electron chi connectivity index (χ2n) is 20.0. The molecule has 0 bridgehead atoms. The maximum Gasteiger partial charge on any atom is 0.326 e. The molecule has 0 aliphatic heterocycles. The van der Waals surface area contributed by atoms with E-state index in [9.17, 15) is 33.9 Å². The van der Waals surface area contributed by atoms with Gasteiger partial charge >= 0.3 is 11.9 Å². The number of carboxylic acids is 2. The standard InChI is InChI=1S/C52H98N4O14/c1-51(2,3)49(62)43(56-52(4,5)6)23-21-22-29-53-46(58)28-31-65-33-35-67-37-39-69-41-42-70-40-38-68-36-34-66-32-30-54-45(57)27-26-44(50(63)64)55-47(59)24-19-17-15-13-11-9-7-8-10-12-14-16-18-20-25-48(60)61/h43-44,56H,7-42H2,1-6H3,(H,53,58)(H,54,57)(H,55,59)(H,60,61)(H,63,64)/t43?,44-/m0/s1. The summed E-state index contributed by atoms with van der Waals surface area (Å²) in [5.74, 6) is -2.35. The van der Waals surface area contributed by atoms with Crippen molar-refractivity contribution < 1.29 is 67.4 Å². The fourth-order valence-corrected chi connectivity index (χ4v) is 7.30. The lowest BCUT2D eigenvalue weighted by Crippen LogP contribution is -2.50. The zero-order chi connectivity index (χ0) is 52.1. The van der Waals surface area contributed by atoms with E-state index in [2.05, 4.69) is 42.0 Å². The first-order valence-corrected chi connectivity index (χ1v) is 26.5. The van der Waals surface area contributed by atoms with Crippen molar-refractivity contribution in [1.82, 2.24) is 21.3 Å². The van der Waals surface area contributed by atoms with Crippen LogP contribution in [0.1, 0.15) is 183 Å². The van der Waals surface area contributed by atoms with Crippen LogP contribution in [0.4, 0.5) is 0 Å². The first-order chi connectivity index (χ1) is 33.4. The quantitative estimate of drug-likeness (QED) is 0.0339. The van der Waals surface area contributed by atoms with Crippen molar-refractivity contribution in [3.63, 3.8) is 0 Å². The summed E-state index contributed by atoms with van der Waals surface area (Å²) in [5.41, 5.74) is -0.569. The Labute approximate surface area is 421 Å². The molecular weight excluding hydrogens is 905 g/mol. The van der Waals surface area contributed by atoms with E-state index < -0.39 is 23.4 Å². The normalized spacial score (nSPS) is 12.7. The molecule has 18 heteroatoms. The third-order valence-corrected chi connectivity index (χ3v) is 11.1.